The summed E-state index contributed by atoms with van der Waals surface area (Å²) in [6.07, 6.45) is 2.93. The fourth-order valence-electron chi connectivity index (χ4n) is 4.11. The van der Waals surface area contributed by atoms with E-state index in [2.05, 4.69) is 25.2 Å². The SMILES string of the molecule is CCOc1c(Cl)cc(C(=O)NCc2cn(-c3ccccc3)nc2-c2ccc(OCCC(C)C)c(C)c2)cc1Cl. The number of halogens is 2. The van der Waals surface area contributed by atoms with Gasteiger partial charge in [-0.1, -0.05) is 55.2 Å². The Morgan fingerprint density at radius 3 is 2.38 bits per heavy atom. The van der Waals surface area contributed by atoms with Crippen LogP contribution in [0.25, 0.3) is 16.9 Å². The van der Waals surface area contributed by atoms with Gasteiger partial charge in [-0.3, -0.25) is 4.79 Å². The van der Waals surface area contributed by atoms with Crippen LogP contribution in [0.5, 0.6) is 11.5 Å². The molecule has 0 unspecified atom stereocenters. The predicted octanol–water partition coefficient (Wildman–Crippen LogP) is 7.91. The van der Waals surface area contributed by atoms with Gasteiger partial charge < -0.3 is 14.8 Å². The quantitative estimate of drug-likeness (QED) is 0.200. The Balaban J connectivity index is 1.60. The first-order valence-corrected chi connectivity index (χ1v) is 13.8. The van der Waals surface area contributed by atoms with Gasteiger partial charge in [0.05, 0.1) is 34.6 Å². The van der Waals surface area contributed by atoms with Crippen molar-refractivity contribution in [2.75, 3.05) is 13.2 Å². The van der Waals surface area contributed by atoms with Crippen molar-refractivity contribution in [1.82, 2.24) is 15.1 Å². The lowest BCUT2D eigenvalue weighted by Gasteiger charge is -2.12. The molecule has 6 nitrogen and oxygen atoms in total. The van der Waals surface area contributed by atoms with E-state index in [1.165, 1.54) is 0 Å². The Hall–Kier alpha value is -3.48. The molecule has 0 atom stereocenters. The number of hydrogen-bond donors (Lipinski definition) is 1. The van der Waals surface area contributed by atoms with Gasteiger partial charge >= 0.3 is 0 Å². The van der Waals surface area contributed by atoms with Crippen LogP contribution in [-0.2, 0) is 6.54 Å². The summed E-state index contributed by atoms with van der Waals surface area (Å²) in [5.41, 5.74) is 4.88. The Labute approximate surface area is 239 Å². The van der Waals surface area contributed by atoms with Gasteiger partial charge in [0.25, 0.3) is 5.91 Å². The highest BCUT2D eigenvalue weighted by atomic mass is 35.5. The molecule has 1 aromatic heterocycles. The minimum atomic E-state index is -0.301. The van der Waals surface area contributed by atoms with Gasteiger partial charge in [0.1, 0.15) is 5.75 Å². The number of ether oxygens (including phenoxy) is 2. The van der Waals surface area contributed by atoms with Crippen LogP contribution in [0.3, 0.4) is 0 Å². The molecule has 4 rings (SSSR count). The summed E-state index contributed by atoms with van der Waals surface area (Å²) in [4.78, 5) is 13.1. The largest absolute Gasteiger partial charge is 0.493 e. The molecule has 8 heteroatoms. The number of hydrogen-bond acceptors (Lipinski definition) is 4. The van der Waals surface area contributed by atoms with Crippen LogP contribution < -0.4 is 14.8 Å². The van der Waals surface area contributed by atoms with Crippen LogP contribution in [0, 0.1) is 12.8 Å². The van der Waals surface area contributed by atoms with Crippen molar-refractivity contribution in [3.63, 3.8) is 0 Å². The number of aryl methyl sites for hydroxylation is 1. The van der Waals surface area contributed by atoms with Crippen LogP contribution in [0.1, 0.15) is 48.7 Å². The molecule has 39 heavy (non-hydrogen) atoms. The van der Waals surface area contributed by atoms with E-state index >= 15 is 0 Å². The van der Waals surface area contributed by atoms with E-state index in [0.717, 1.165) is 40.2 Å². The van der Waals surface area contributed by atoms with Gasteiger partial charge in [-0.15, -0.1) is 0 Å². The van der Waals surface area contributed by atoms with Crippen LogP contribution in [0.15, 0.2) is 66.9 Å². The van der Waals surface area contributed by atoms with E-state index in [9.17, 15) is 4.79 Å². The number of nitrogens with one attached hydrogen (secondary N) is 1. The van der Waals surface area contributed by atoms with Gasteiger partial charge in [0, 0.05) is 29.4 Å². The summed E-state index contributed by atoms with van der Waals surface area (Å²) in [5.74, 6) is 1.51. The van der Waals surface area contributed by atoms with Crippen molar-refractivity contribution < 1.29 is 14.3 Å². The van der Waals surface area contributed by atoms with Crippen molar-refractivity contribution in [2.45, 2.75) is 40.7 Å². The zero-order chi connectivity index (χ0) is 27.9. The van der Waals surface area contributed by atoms with E-state index in [1.807, 2.05) is 67.2 Å². The molecule has 204 valence electrons. The van der Waals surface area contributed by atoms with Crippen molar-refractivity contribution >= 4 is 29.1 Å². The lowest BCUT2D eigenvalue weighted by Crippen LogP contribution is -2.23. The van der Waals surface area contributed by atoms with E-state index < -0.39 is 0 Å². The smallest absolute Gasteiger partial charge is 0.251 e. The molecular formula is C31H33Cl2N3O3. The van der Waals surface area contributed by atoms with Crippen molar-refractivity contribution in [1.29, 1.82) is 0 Å². The van der Waals surface area contributed by atoms with Crippen LogP contribution in [0.4, 0.5) is 0 Å². The number of amides is 1. The zero-order valence-electron chi connectivity index (χ0n) is 22.6. The molecule has 0 saturated carbocycles. The van der Waals surface area contributed by atoms with Crippen molar-refractivity contribution in [3.05, 3.63) is 93.6 Å². The first-order chi connectivity index (χ1) is 18.8. The van der Waals surface area contributed by atoms with Crippen LogP contribution in [0.2, 0.25) is 10.0 Å². The first-order valence-electron chi connectivity index (χ1n) is 13.0. The summed E-state index contributed by atoms with van der Waals surface area (Å²) in [5, 5.41) is 8.45. The van der Waals surface area contributed by atoms with E-state index in [1.54, 1.807) is 12.1 Å². The minimum absolute atomic E-state index is 0.259. The number of carbonyl (C=O) groups is 1. The maximum atomic E-state index is 13.1. The maximum Gasteiger partial charge on any atom is 0.251 e. The normalized spacial score (nSPS) is 11.1. The average Bonchev–Trinajstić information content (AvgIpc) is 3.35. The topological polar surface area (TPSA) is 65.4 Å². The van der Waals surface area contributed by atoms with E-state index in [-0.39, 0.29) is 12.5 Å². The third-order valence-electron chi connectivity index (χ3n) is 6.20. The predicted molar refractivity (Wildman–Crippen MR) is 157 cm³/mol. The molecule has 4 aromatic rings. The molecule has 0 bridgehead atoms. The Morgan fingerprint density at radius 1 is 1.03 bits per heavy atom. The summed E-state index contributed by atoms with van der Waals surface area (Å²) in [7, 11) is 0. The Kier molecular flexibility index (Phi) is 9.54. The van der Waals surface area contributed by atoms with Crippen molar-refractivity contribution in [2.24, 2.45) is 5.92 Å². The van der Waals surface area contributed by atoms with E-state index in [0.29, 0.717) is 40.5 Å². The van der Waals surface area contributed by atoms with Crippen LogP contribution in [-0.4, -0.2) is 28.9 Å². The first kappa shape index (κ1) is 28.5. The third kappa shape index (κ3) is 7.14. The number of nitrogens with zero attached hydrogens (tertiary/aromatic N) is 2. The van der Waals surface area contributed by atoms with Gasteiger partial charge in [-0.05, 0) is 74.2 Å². The molecule has 0 fully saturated rings. The number of carbonyl (C=O) groups excluding carboxylic acids is 1. The highest BCUT2D eigenvalue weighted by molar-refractivity contribution is 6.37. The second kappa shape index (κ2) is 13.0. The maximum absolute atomic E-state index is 13.1. The minimum Gasteiger partial charge on any atom is -0.493 e. The highest BCUT2D eigenvalue weighted by Gasteiger charge is 2.17. The molecule has 3 aromatic carbocycles. The number of para-hydroxylation sites is 1. The standard InChI is InChI=1S/C31H33Cl2N3O3/c1-5-38-30-26(32)16-23(17-27(30)33)31(37)34-18-24-19-36(25-9-7-6-8-10-25)35-29(24)22-11-12-28(21(4)15-22)39-14-13-20(2)3/h6-12,15-17,19-20H,5,13-14,18H2,1-4H3,(H,34,37). The highest BCUT2D eigenvalue weighted by Crippen LogP contribution is 2.34. The van der Waals surface area contributed by atoms with Gasteiger partial charge in [-0.25, -0.2) is 4.68 Å². The Morgan fingerprint density at radius 2 is 1.74 bits per heavy atom. The molecule has 0 spiro atoms. The molecule has 1 N–H and O–H groups in total. The Bertz CT molecular complexity index is 1410. The summed E-state index contributed by atoms with van der Waals surface area (Å²) in [6, 6.07) is 19.0. The molecular weight excluding hydrogens is 533 g/mol. The monoisotopic (exact) mass is 565 g/mol. The fourth-order valence-corrected chi connectivity index (χ4v) is 4.71. The lowest BCUT2D eigenvalue weighted by molar-refractivity contribution is 0.0951. The number of benzene rings is 3. The van der Waals surface area contributed by atoms with Gasteiger partial charge in [0.2, 0.25) is 0 Å². The fraction of sp³-hybridized carbons (Fsp3) is 0.290. The molecule has 1 heterocycles. The van der Waals surface area contributed by atoms with Gasteiger partial charge in [-0.2, -0.15) is 5.10 Å². The molecule has 0 aliphatic heterocycles. The molecule has 0 aliphatic rings. The molecule has 0 saturated heterocycles. The number of rotatable bonds is 11. The number of aromatic nitrogens is 2. The molecule has 1 amide bonds. The summed E-state index contributed by atoms with van der Waals surface area (Å²) < 4.78 is 13.3. The lowest BCUT2D eigenvalue weighted by atomic mass is 10.0. The second-order valence-corrected chi connectivity index (χ2v) is 10.5. The molecule has 0 radical (unpaired) electrons. The summed E-state index contributed by atoms with van der Waals surface area (Å²) >= 11 is 12.6. The summed E-state index contributed by atoms with van der Waals surface area (Å²) in [6.45, 7) is 9.60. The second-order valence-electron chi connectivity index (χ2n) is 9.68. The zero-order valence-corrected chi connectivity index (χ0v) is 24.1. The molecule has 0 aliphatic carbocycles. The van der Waals surface area contributed by atoms with Crippen LogP contribution >= 0.6 is 23.2 Å². The van der Waals surface area contributed by atoms with Gasteiger partial charge in [0.15, 0.2) is 5.75 Å². The average molecular weight is 567 g/mol. The van der Waals surface area contributed by atoms with Crippen molar-refractivity contribution in [3.8, 4) is 28.4 Å². The third-order valence-corrected chi connectivity index (χ3v) is 6.76. The van der Waals surface area contributed by atoms with E-state index in [4.69, 9.17) is 37.8 Å².